The van der Waals surface area contributed by atoms with Crippen LogP contribution in [0.3, 0.4) is 0 Å². The summed E-state index contributed by atoms with van der Waals surface area (Å²) in [5.41, 5.74) is 0. The SMILES string of the molecule is CC[C@@H](CO)NC(=O)CN1C(=O)CN(C)C1=O. The Hall–Kier alpha value is -1.63. The van der Waals surface area contributed by atoms with Gasteiger partial charge in [-0.1, -0.05) is 6.92 Å². The molecule has 1 fully saturated rings. The molecular formula is C10H17N3O4. The number of imide groups is 1. The minimum absolute atomic E-state index is 0.00329. The summed E-state index contributed by atoms with van der Waals surface area (Å²) in [7, 11) is 1.50. The van der Waals surface area contributed by atoms with E-state index in [1.54, 1.807) is 0 Å². The molecule has 0 bridgehead atoms. The van der Waals surface area contributed by atoms with E-state index in [2.05, 4.69) is 5.32 Å². The third-order valence-corrected chi connectivity index (χ3v) is 2.61. The van der Waals surface area contributed by atoms with E-state index in [0.29, 0.717) is 6.42 Å². The molecule has 0 aromatic rings. The van der Waals surface area contributed by atoms with Crippen molar-refractivity contribution in [3.63, 3.8) is 0 Å². The molecule has 4 amide bonds. The predicted molar refractivity (Wildman–Crippen MR) is 59.0 cm³/mol. The van der Waals surface area contributed by atoms with Crippen LogP contribution in [0.2, 0.25) is 0 Å². The van der Waals surface area contributed by atoms with Crippen LogP contribution in [0.5, 0.6) is 0 Å². The lowest BCUT2D eigenvalue weighted by Gasteiger charge is -2.17. The van der Waals surface area contributed by atoms with Gasteiger partial charge in [-0.2, -0.15) is 0 Å². The van der Waals surface area contributed by atoms with Crippen LogP contribution in [0.1, 0.15) is 13.3 Å². The van der Waals surface area contributed by atoms with Gasteiger partial charge in [-0.05, 0) is 6.42 Å². The number of nitrogens with zero attached hydrogens (tertiary/aromatic N) is 2. The number of hydrogen-bond acceptors (Lipinski definition) is 4. The molecule has 1 aliphatic heterocycles. The molecule has 0 aliphatic carbocycles. The van der Waals surface area contributed by atoms with Gasteiger partial charge in [-0.3, -0.25) is 14.5 Å². The first-order chi connectivity index (χ1) is 7.99. The molecule has 1 rings (SSSR count). The fourth-order valence-electron chi connectivity index (χ4n) is 1.52. The van der Waals surface area contributed by atoms with E-state index >= 15 is 0 Å². The summed E-state index contributed by atoms with van der Waals surface area (Å²) in [6, 6.07) is -0.810. The van der Waals surface area contributed by atoms with Crippen LogP contribution in [0.4, 0.5) is 4.79 Å². The van der Waals surface area contributed by atoms with E-state index in [-0.39, 0.29) is 31.6 Å². The summed E-state index contributed by atoms with van der Waals surface area (Å²) in [6.07, 6.45) is 0.587. The highest BCUT2D eigenvalue weighted by Gasteiger charge is 2.34. The lowest BCUT2D eigenvalue weighted by Crippen LogP contribution is -2.45. The Bertz CT molecular complexity index is 328. The second-order valence-corrected chi connectivity index (χ2v) is 3.97. The molecule has 0 unspecified atom stereocenters. The average molecular weight is 243 g/mol. The number of carbonyl (C=O) groups excluding carboxylic acids is 3. The van der Waals surface area contributed by atoms with Crippen LogP contribution >= 0.6 is 0 Å². The standard InChI is InChI=1S/C10H17N3O4/c1-3-7(6-14)11-8(15)4-13-9(16)5-12(2)10(13)17/h7,14H,3-6H2,1-2H3,(H,11,15)/t7-/m0/s1. The first-order valence-electron chi connectivity index (χ1n) is 5.45. The minimum Gasteiger partial charge on any atom is -0.394 e. The van der Waals surface area contributed by atoms with Gasteiger partial charge in [0, 0.05) is 7.05 Å². The number of likely N-dealkylation sites (N-methyl/N-ethyl adjacent to an activating group) is 1. The molecule has 0 spiro atoms. The largest absolute Gasteiger partial charge is 0.394 e. The minimum atomic E-state index is -0.470. The Labute approximate surface area is 99.4 Å². The monoisotopic (exact) mass is 243 g/mol. The van der Waals surface area contributed by atoms with Crippen LogP contribution in [0.15, 0.2) is 0 Å². The normalized spacial score (nSPS) is 17.6. The summed E-state index contributed by atoms with van der Waals surface area (Å²) in [5, 5.41) is 11.5. The van der Waals surface area contributed by atoms with Crippen molar-refractivity contribution in [1.82, 2.24) is 15.1 Å². The van der Waals surface area contributed by atoms with Crippen molar-refractivity contribution in [3.05, 3.63) is 0 Å². The average Bonchev–Trinajstić information content (AvgIpc) is 2.53. The molecule has 96 valence electrons. The maximum Gasteiger partial charge on any atom is 0.327 e. The number of nitrogens with one attached hydrogen (secondary N) is 1. The number of rotatable bonds is 5. The summed E-state index contributed by atoms with van der Waals surface area (Å²) in [6.45, 7) is 1.37. The van der Waals surface area contributed by atoms with E-state index < -0.39 is 11.9 Å². The number of hydrogen-bond donors (Lipinski definition) is 2. The highest BCUT2D eigenvalue weighted by molar-refractivity contribution is 6.04. The highest BCUT2D eigenvalue weighted by Crippen LogP contribution is 2.07. The van der Waals surface area contributed by atoms with Gasteiger partial charge in [0.15, 0.2) is 0 Å². The second-order valence-electron chi connectivity index (χ2n) is 3.97. The first-order valence-corrected chi connectivity index (χ1v) is 5.45. The zero-order chi connectivity index (χ0) is 13.0. The molecule has 1 atom stereocenters. The van der Waals surface area contributed by atoms with E-state index in [9.17, 15) is 14.4 Å². The number of amides is 4. The Morgan fingerprint density at radius 3 is 2.59 bits per heavy atom. The molecule has 0 saturated carbocycles. The molecule has 1 saturated heterocycles. The number of aliphatic hydroxyl groups is 1. The van der Waals surface area contributed by atoms with Crippen LogP contribution in [-0.4, -0.2) is 65.5 Å². The quantitative estimate of drug-likeness (QED) is 0.591. The maximum absolute atomic E-state index is 11.5. The second kappa shape index (κ2) is 5.62. The lowest BCUT2D eigenvalue weighted by atomic mass is 10.2. The summed E-state index contributed by atoms with van der Waals surface area (Å²) in [5.74, 6) is -0.826. The number of carbonyl (C=O) groups is 3. The molecule has 2 N–H and O–H groups in total. The van der Waals surface area contributed by atoms with Crippen molar-refractivity contribution in [3.8, 4) is 0 Å². The third kappa shape index (κ3) is 3.16. The fourth-order valence-corrected chi connectivity index (χ4v) is 1.52. The number of urea groups is 1. The van der Waals surface area contributed by atoms with Crippen molar-refractivity contribution in [2.24, 2.45) is 0 Å². The van der Waals surface area contributed by atoms with Crippen molar-refractivity contribution >= 4 is 17.8 Å². The Morgan fingerprint density at radius 1 is 1.53 bits per heavy atom. The molecule has 1 aliphatic rings. The summed E-state index contributed by atoms with van der Waals surface area (Å²) < 4.78 is 0. The molecule has 7 nitrogen and oxygen atoms in total. The van der Waals surface area contributed by atoms with Gasteiger partial charge in [0.25, 0.3) is 5.91 Å². The van der Waals surface area contributed by atoms with Crippen LogP contribution in [-0.2, 0) is 9.59 Å². The van der Waals surface area contributed by atoms with E-state index in [4.69, 9.17) is 5.11 Å². The Morgan fingerprint density at radius 2 is 2.18 bits per heavy atom. The van der Waals surface area contributed by atoms with Gasteiger partial charge >= 0.3 is 6.03 Å². The van der Waals surface area contributed by atoms with Gasteiger partial charge in [-0.15, -0.1) is 0 Å². The van der Waals surface area contributed by atoms with Gasteiger partial charge < -0.3 is 15.3 Å². The molecular weight excluding hydrogens is 226 g/mol. The van der Waals surface area contributed by atoms with E-state index in [1.807, 2.05) is 6.92 Å². The molecule has 1 heterocycles. The van der Waals surface area contributed by atoms with E-state index in [1.165, 1.54) is 11.9 Å². The lowest BCUT2D eigenvalue weighted by molar-refractivity contribution is -0.131. The zero-order valence-electron chi connectivity index (χ0n) is 9.97. The smallest absolute Gasteiger partial charge is 0.327 e. The zero-order valence-corrected chi connectivity index (χ0v) is 9.97. The van der Waals surface area contributed by atoms with Crippen molar-refractivity contribution in [2.45, 2.75) is 19.4 Å². The van der Waals surface area contributed by atoms with Crippen molar-refractivity contribution in [2.75, 3.05) is 26.7 Å². The van der Waals surface area contributed by atoms with Crippen molar-refractivity contribution < 1.29 is 19.5 Å². The van der Waals surface area contributed by atoms with Gasteiger partial charge in [0.05, 0.1) is 12.6 Å². The van der Waals surface area contributed by atoms with Crippen LogP contribution < -0.4 is 5.32 Å². The molecule has 17 heavy (non-hydrogen) atoms. The van der Waals surface area contributed by atoms with Crippen LogP contribution in [0, 0.1) is 0 Å². The molecule has 0 aromatic carbocycles. The summed E-state index contributed by atoms with van der Waals surface area (Å²) >= 11 is 0. The van der Waals surface area contributed by atoms with E-state index in [0.717, 1.165) is 4.90 Å². The molecule has 0 radical (unpaired) electrons. The predicted octanol–water partition coefficient (Wildman–Crippen LogP) is -1.23. The van der Waals surface area contributed by atoms with Crippen molar-refractivity contribution in [1.29, 1.82) is 0 Å². The topological polar surface area (TPSA) is 89.9 Å². The summed E-state index contributed by atoms with van der Waals surface area (Å²) in [4.78, 5) is 36.6. The third-order valence-electron chi connectivity index (χ3n) is 2.61. The molecule has 0 aromatic heterocycles. The fraction of sp³-hybridized carbons (Fsp3) is 0.700. The van der Waals surface area contributed by atoms with Crippen LogP contribution in [0.25, 0.3) is 0 Å². The Balaban J connectivity index is 2.51. The molecule has 7 heteroatoms. The Kier molecular flexibility index (Phi) is 4.45. The van der Waals surface area contributed by atoms with Gasteiger partial charge in [0.1, 0.15) is 13.1 Å². The van der Waals surface area contributed by atoms with Gasteiger partial charge in [0.2, 0.25) is 5.91 Å². The first kappa shape index (κ1) is 13.4. The number of aliphatic hydroxyl groups excluding tert-OH is 1. The van der Waals surface area contributed by atoms with Gasteiger partial charge in [-0.25, -0.2) is 4.79 Å². The maximum atomic E-state index is 11.5. The highest BCUT2D eigenvalue weighted by atomic mass is 16.3.